The van der Waals surface area contributed by atoms with Gasteiger partial charge in [0.05, 0.1) is 24.7 Å². The van der Waals surface area contributed by atoms with Crippen LogP contribution >= 0.6 is 0 Å². The summed E-state index contributed by atoms with van der Waals surface area (Å²) >= 11 is 0. The van der Waals surface area contributed by atoms with E-state index in [4.69, 9.17) is 18.9 Å². The van der Waals surface area contributed by atoms with Crippen molar-refractivity contribution in [2.24, 2.45) is 0 Å². The maximum absolute atomic E-state index is 12.6. The van der Waals surface area contributed by atoms with Crippen molar-refractivity contribution in [2.75, 3.05) is 46.1 Å². The molecule has 1 aliphatic heterocycles. The number of sulfonamides is 1. The van der Waals surface area contributed by atoms with Gasteiger partial charge in [-0.05, 0) is 43.3 Å². The Bertz CT molecular complexity index is 938. The van der Waals surface area contributed by atoms with Crippen LogP contribution in [0.4, 0.5) is 0 Å². The summed E-state index contributed by atoms with van der Waals surface area (Å²) in [5.74, 6) is 0.472. The van der Waals surface area contributed by atoms with Gasteiger partial charge in [0.15, 0.2) is 0 Å². The lowest BCUT2D eigenvalue weighted by atomic mass is 10.2. The maximum atomic E-state index is 12.6. The summed E-state index contributed by atoms with van der Waals surface area (Å²) < 4.78 is 48.0. The zero-order valence-electron chi connectivity index (χ0n) is 16.8. The Kier molecular flexibility index (Phi) is 7.67. The molecule has 8 nitrogen and oxygen atoms in total. The van der Waals surface area contributed by atoms with Crippen molar-refractivity contribution in [1.29, 1.82) is 0 Å². The fourth-order valence-corrected chi connectivity index (χ4v) is 4.34. The van der Waals surface area contributed by atoms with E-state index in [0.717, 1.165) is 0 Å². The first-order chi connectivity index (χ1) is 14.5. The Morgan fingerprint density at radius 3 is 2.40 bits per heavy atom. The van der Waals surface area contributed by atoms with Crippen LogP contribution in [0.25, 0.3) is 0 Å². The van der Waals surface area contributed by atoms with E-state index in [1.165, 1.54) is 16.4 Å². The Morgan fingerprint density at radius 1 is 1.00 bits per heavy atom. The third kappa shape index (κ3) is 5.50. The van der Waals surface area contributed by atoms with Crippen LogP contribution in [0.15, 0.2) is 53.4 Å². The third-order valence-corrected chi connectivity index (χ3v) is 6.34. The van der Waals surface area contributed by atoms with Crippen LogP contribution in [0.3, 0.4) is 0 Å². The molecule has 0 atom stereocenters. The first kappa shape index (κ1) is 22.1. The minimum absolute atomic E-state index is 0.0487. The molecule has 1 saturated heterocycles. The predicted octanol–water partition coefficient (Wildman–Crippen LogP) is 2.34. The molecule has 1 heterocycles. The van der Waals surface area contributed by atoms with Gasteiger partial charge in [0.25, 0.3) is 0 Å². The fourth-order valence-electron chi connectivity index (χ4n) is 2.93. The number of hydrogen-bond acceptors (Lipinski definition) is 7. The zero-order valence-corrected chi connectivity index (χ0v) is 17.6. The van der Waals surface area contributed by atoms with E-state index < -0.39 is 16.0 Å². The summed E-state index contributed by atoms with van der Waals surface area (Å²) in [5, 5.41) is 0. The van der Waals surface area contributed by atoms with Gasteiger partial charge < -0.3 is 18.9 Å². The van der Waals surface area contributed by atoms with Crippen LogP contribution in [0.2, 0.25) is 0 Å². The van der Waals surface area contributed by atoms with Gasteiger partial charge in [-0.15, -0.1) is 0 Å². The summed E-state index contributed by atoms with van der Waals surface area (Å²) in [6.45, 7) is 3.96. The van der Waals surface area contributed by atoms with Gasteiger partial charge in [0.1, 0.15) is 30.3 Å². The number of rotatable bonds is 9. The first-order valence-corrected chi connectivity index (χ1v) is 11.2. The second kappa shape index (κ2) is 10.4. The van der Waals surface area contributed by atoms with Gasteiger partial charge >= 0.3 is 5.97 Å². The van der Waals surface area contributed by atoms with Crippen molar-refractivity contribution >= 4 is 16.0 Å². The summed E-state index contributed by atoms with van der Waals surface area (Å²) in [6.07, 6.45) is 0. The Balaban J connectivity index is 1.49. The molecule has 30 heavy (non-hydrogen) atoms. The van der Waals surface area contributed by atoms with E-state index in [1.54, 1.807) is 36.4 Å². The number of hydrogen-bond donors (Lipinski definition) is 0. The largest absolute Gasteiger partial charge is 0.493 e. The number of morpholine rings is 1. The monoisotopic (exact) mass is 435 g/mol. The number of para-hydroxylation sites is 1. The van der Waals surface area contributed by atoms with Crippen LogP contribution in [-0.2, 0) is 19.5 Å². The number of carbonyl (C=O) groups is 1. The van der Waals surface area contributed by atoms with E-state index in [9.17, 15) is 13.2 Å². The van der Waals surface area contributed by atoms with Crippen molar-refractivity contribution in [1.82, 2.24) is 4.31 Å². The van der Waals surface area contributed by atoms with Crippen LogP contribution in [-0.4, -0.2) is 64.8 Å². The molecule has 0 saturated carbocycles. The van der Waals surface area contributed by atoms with Crippen molar-refractivity contribution in [2.45, 2.75) is 11.8 Å². The van der Waals surface area contributed by atoms with Crippen LogP contribution in [0, 0.1) is 0 Å². The van der Waals surface area contributed by atoms with Gasteiger partial charge in [0, 0.05) is 13.1 Å². The Labute approximate surface area is 176 Å². The minimum atomic E-state index is -3.54. The zero-order chi connectivity index (χ0) is 21.4. The highest BCUT2D eigenvalue weighted by Gasteiger charge is 2.26. The van der Waals surface area contributed by atoms with Crippen LogP contribution in [0.5, 0.6) is 11.5 Å². The normalized spacial score (nSPS) is 14.8. The molecule has 0 bridgehead atoms. The topological polar surface area (TPSA) is 91.4 Å². The molecule has 0 unspecified atom stereocenters. The molecule has 3 rings (SSSR count). The molecule has 0 aromatic heterocycles. The van der Waals surface area contributed by atoms with Crippen molar-refractivity contribution < 1.29 is 32.2 Å². The SMILES string of the molecule is CCOc1ccccc1C(=O)OCCOc1ccc(S(=O)(=O)N2CCOCC2)cc1. The van der Waals surface area contributed by atoms with Gasteiger partial charge in [-0.2, -0.15) is 4.31 Å². The number of carbonyl (C=O) groups excluding carboxylic acids is 1. The van der Waals surface area contributed by atoms with Crippen molar-refractivity contribution in [3.05, 3.63) is 54.1 Å². The van der Waals surface area contributed by atoms with E-state index in [0.29, 0.717) is 50.0 Å². The van der Waals surface area contributed by atoms with Gasteiger partial charge in [-0.1, -0.05) is 12.1 Å². The molecule has 2 aromatic rings. The standard InChI is InChI=1S/C21H25NO7S/c1-2-27-20-6-4-3-5-19(20)21(23)29-16-15-28-17-7-9-18(10-8-17)30(24,25)22-11-13-26-14-12-22/h3-10H,2,11-16H2,1H3. The quantitative estimate of drug-likeness (QED) is 0.441. The second-order valence-corrected chi connectivity index (χ2v) is 8.34. The van der Waals surface area contributed by atoms with Crippen molar-refractivity contribution in [3.63, 3.8) is 0 Å². The molecule has 0 spiro atoms. The lowest BCUT2D eigenvalue weighted by Crippen LogP contribution is -2.40. The average molecular weight is 435 g/mol. The highest BCUT2D eigenvalue weighted by atomic mass is 32.2. The molecule has 9 heteroatoms. The average Bonchev–Trinajstić information content (AvgIpc) is 2.78. The molecule has 2 aromatic carbocycles. The molecule has 1 aliphatic rings. The second-order valence-electron chi connectivity index (χ2n) is 6.40. The smallest absolute Gasteiger partial charge is 0.342 e. The summed E-state index contributed by atoms with van der Waals surface area (Å²) in [4.78, 5) is 12.4. The lowest BCUT2D eigenvalue weighted by molar-refractivity contribution is 0.0446. The minimum Gasteiger partial charge on any atom is -0.493 e. The van der Waals surface area contributed by atoms with Crippen LogP contribution < -0.4 is 9.47 Å². The van der Waals surface area contributed by atoms with E-state index in [2.05, 4.69) is 0 Å². The highest BCUT2D eigenvalue weighted by molar-refractivity contribution is 7.89. The number of nitrogens with zero attached hydrogens (tertiary/aromatic N) is 1. The summed E-state index contributed by atoms with van der Waals surface area (Å²) in [6, 6.07) is 13.1. The van der Waals surface area contributed by atoms with Gasteiger partial charge in [0.2, 0.25) is 10.0 Å². The van der Waals surface area contributed by atoms with E-state index >= 15 is 0 Å². The maximum Gasteiger partial charge on any atom is 0.342 e. The molecule has 0 aliphatic carbocycles. The van der Waals surface area contributed by atoms with Crippen LogP contribution in [0.1, 0.15) is 17.3 Å². The van der Waals surface area contributed by atoms with E-state index in [1.807, 2.05) is 6.92 Å². The third-order valence-electron chi connectivity index (χ3n) is 4.42. The Morgan fingerprint density at radius 2 is 1.70 bits per heavy atom. The first-order valence-electron chi connectivity index (χ1n) is 9.72. The summed E-state index contributed by atoms with van der Waals surface area (Å²) in [7, 11) is -3.54. The number of ether oxygens (including phenoxy) is 4. The Hall–Kier alpha value is -2.62. The number of esters is 1. The molecule has 0 amide bonds. The van der Waals surface area contributed by atoms with Crippen molar-refractivity contribution in [3.8, 4) is 11.5 Å². The molecular weight excluding hydrogens is 410 g/mol. The lowest BCUT2D eigenvalue weighted by Gasteiger charge is -2.26. The summed E-state index contributed by atoms with van der Waals surface area (Å²) in [5.41, 5.74) is 0.358. The molecule has 1 fully saturated rings. The molecular formula is C21H25NO7S. The van der Waals surface area contributed by atoms with Gasteiger partial charge in [-0.25, -0.2) is 13.2 Å². The van der Waals surface area contributed by atoms with Gasteiger partial charge in [-0.3, -0.25) is 0 Å². The molecule has 0 N–H and O–H groups in total. The predicted molar refractivity (Wildman–Crippen MR) is 109 cm³/mol. The highest BCUT2D eigenvalue weighted by Crippen LogP contribution is 2.21. The number of benzene rings is 2. The van der Waals surface area contributed by atoms with E-state index in [-0.39, 0.29) is 18.1 Å². The fraction of sp³-hybridized carbons (Fsp3) is 0.381. The molecule has 0 radical (unpaired) electrons. The molecule has 162 valence electrons.